The number of nitrogens with one attached hydrogen (secondary N) is 1. The lowest BCUT2D eigenvalue weighted by atomic mass is 10.2. The minimum absolute atomic E-state index is 0.185. The molecular weight excluding hydrogens is 354 g/mol. The van der Waals surface area contributed by atoms with Crippen molar-refractivity contribution in [2.75, 3.05) is 32.6 Å². The van der Waals surface area contributed by atoms with Crippen molar-refractivity contribution in [1.82, 2.24) is 9.96 Å². The minimum atomic E-state index is -0.255. The van der Waals surface area contributed by atoms with E-state index in [0.29, 0.717) is 13.0 Å². The predicted octanol–water partition coefficient (Wildman–Crippen LogP) is 4.28. The lowest BCUT2D eigenvalue weighted by molar-refractivity contribution is -0.168. The molecule has 0 aliphatic carbocycles. The van der Waals surface area contributed by atoms with Gasteiger partial charge in [-0.1, -0.05) is 19.1 Å². The Bertz CT molecular complexity index is 715. The normalized spacial score (nSPS) is 10.8. The average molecular weight is 386 g/mol. The van der Waals surface area contributed by atoms with Crippen LogP contribution in [0.1, 0.15) is 31.7 Å². The van der Waals surface area contributed by atoms with Crippen LogP contribution >= 0.6 is 0 Å². The Morgan fingerprint density at radius 1 is 1.04 bits per heavy atom. The number of hydrogen-bond donors (Lipinski definition) is 2. The molecule has 1 amide bonds. The molecule has 2 rings (SSSR count). The van der Waals surface area contributed by atoms with E-state index < -0.39 is 0 Å². The second kappa shape index (κ2) is 11.3. The van der Waals surface area contributed by atoms with Gasteiger partial charge in [0.05, 0.1) is 13.2 Å². The summed E-state index contributed by atoms with van der Waals surface area (Å²) in [5, 5.41) is 14.1. The molecule has 0 atom stereocenters. The highest BCUT2D eigenvalue weighted by Gasteiger charge is 2.11. The minimum Gasteiger partial charge on any atom is -0.494 e. The van der Waals surface area contributed by atoms with E-state index in [0.717, 1.165) is 47.1 Å². The van der Waals surface area contributed by atoms with E-state index in [2.05, 4.69) is 12.2 Å². The first-order valence-electron chi connectivity index (χ1n) is 9.70. The molecule has 0 aliphatic heterocycles. The fraction of sp³-hybridized carbons (Fsp3) is 0.409. The van der Waals surface area contributed by atoms with Crippen LogP contribution < -0.4 is 10.1 Å². The Balaban J connectivity index is 1.83. The van der Waals surface area contributed by atoms with Crippen molar-refractivity contribution in [2.45, 2.75) is 32.7 Å². The van der Waals surface area contributed by atoms with Gasteiger partial charge in [0.2, 0.25) is 5.91 Å². The molecule has 152 valence electrons. The number of hydroxylamine groups is 2. The highest BCUT2D eigenvalue weighted by Crippen LogP contribution is 2.21. The first kappa shape index (κ1) is 21.7. The standard InChI is InChI=1S/C22H31N3O3/c1-4-16-28-21-13-11-20(12-14-21)23-19-9-7-18(8-10-19)17-25(27)22(26)6-5-15-24(2)3/h7-14,23,27H,4-6,15-17H2,1-3H3. The maximum Gasteiger partial charge on any atom is 0.246 e. The number of carbonyl (C=O) groups excluding carboxylic acids is 1. The van der Waals surface area contributed by atoms with Crippen LogP contribution in [0.15, 0.2) is 48.5 Å². The van der Waals surface area contributed by atoms with Crippen LogP contribution in [0.3, 0.4) is 0 Å². The van der Waals surface area contributed by atoms with Gasteiger partial charge in [-0.3, -0.25) is 10.0 Å². The Morgan fingerprint density at radius 3 is 2.21 bits per heavy atom. The van der Waals surface area contributed by atoms with Crippen LogP contribution in [0.2, 0.25) is 0 Å². The van der Waals surface area contributed by atoms with Crippen molar-refractivity contribution < 1.29 is 14.7 Å². The molecular formula is C22H31N3O3. The van der Waals surface area contributed by atoms with Crippen molar-refractivity contribution in [3.8, 4) is 5.75 Å². The monoisotopic (exact) mass is 385 g/mol. The fourth-order valence-electron chi connectivity index (χ4n) is 2.65. The summed E-state index contributed by atoms with van der Waals surface area (Å²) in [5.74, 6) is 0.607. The van der Waals surface area contributed by atoms with Crippen LogP contribution in [-0.2, 0) is 11.3 Å². The third kappa shape index (κ3) is 7.58. The molecule has 0 saturated heterocycles. The second-order valence-electron chi connectivity index (χ2n) is 7.05. The van der Waals surface area contributed by atoms with Gasteiger partial charge in [-0.05, 0) is 75.4 Å². The van der Waals surface area contributed by atoms with Crippen LogP contribution in [0, 0.1) is 0 Å². The Kier molecular flexibility index (Phi) is 8.78. The number of carbonyl (C=O) groups is 1. The van der Waals surface area contributed by atoms with E-state index in [9.17, 15) is 10.0 Å². The molecule has 0 bridgehead atoms. The van der Waals surface area contributed by atoms with E-state index in [1.807, 2.05) is 67.5 Å². The third-order valence-electron chi connectivity index (χ3n) is 4.19. The molecule has 28 heavy (non-hydrogen) atoms. The Labute approximate surface area is 167 Å². The maximum atomic E-state index is 12.0. The number of nitrogens with zero attached hydrogens (tertiary/aromatic N) is 2. The molecule has 0 spiro atoms. The molecule has 0 radical (unpaired) electrons. The maximum absolute atomic E-state index is 12.0. The lowest BCUT2D eigenvalue weighted by Crippen LogP contribution is -2.27. The number of rotatable bonds is 11. The van der Waals surface area contributed by atoms with Gasteiger partial charge < -0.3 is 15.0 Å². The molecule has 6 nitrogen and oxygen atoms in total. The second-order valence-corrected chi connectivity index (χ2v) is 7.05. The molecule has 0 aromatic heterocycles. The van der Waals surface area contributed by atoms with E-state index in [4.69, 9.17) is 4.74 Å². The van der Waals surface area contributed by atoms with Crippen molar-refractivity contribution in [3.05, 3.63) is 54.1 Å². The van der Waals surface area contributed by atoms with E-state index >= 15 is 0 Å². The summed E-state index contributed by atoms with van der Waals surface area (Å²) in [6, 6.07) is 15.5. The summed E-state index contributed by atoms with van der Waals surface area (Å²) >= 11 is 0. The van der Waals surface area contributed by atoms with E-state index in [1.54, 1.807) is 0 Å². The zero-order valence-corrected chi connectivity index (χ0v) is 17.0. The van der Waals surface area contributed by atoms with Crippen molar-refractivity contribution in [2.24, 2.45) is 0 Å². The van der Waals surface area contributed by atoms with Gasteiger partial charge in [-0.25, -0.2) is 5.06 Å². The molecule has 0 heterocycles. The molecule has 6 heteroatoms. The zero-order chi connectivity index (χ0) is 20.4. The lowest BCUT2D eigenvalue weighted by Gasteiger charge is -2.16. The molecule has 2 aromatic rings. The van der Waals surface area contributed by atoms with Gasteiger partial charge in [-0.15, -0.1) is 0 Å². The van der Waals surface area contributed by atoms with Gasteiger partial charge in [0.15, 0.2) is 0 Å². The van der Waals surface area contributed by atoms with E-state index in [1.165, 1.54) is 0 Å². The highest BCUT2D eigenvalue weighted by atomic mass is 16.5. The molecule has 0 saturated carbocycles. The van der Waals surface area contributed by atoms with Gasteiger partial charge in [-0.2, -0.15) is 0 Å². The summed E-state index contributed by atoms with van der Waals surface area (Å²) < 4.78 is 5.58. The smallest absolute Gasteiger partial charge is 0.246 e. The zero-order valence-electron chi connectivity index (χ0n) is 17.0. The Morgan fingerprint density at radius 2 is 1.64 bits per heavy atom. The number of ether oxygens (including phenoxy) is 1. The topological polar surface area (TPSA) is 65.0 Å². The number of benzene rings is 2. The van der Waals surface area contributed by atoms with Gasteiger partial charge in [0, 0.05) is 17.8 Å². The van der Waals surface area contributed by atoms with Crippen LogP contribution in [0.5, 0.6) is 5.75 Å². The number of amides is 1. The Hall–Kier alpha value is -2.57. The van der Waals surface area contributed by atoms with E-state index in [-0.39, 0.29) is 12.5 Å². The largest absolute Gasteiger partial charge is 0.494 e. The molecule has 2 N–H and O–H groups in total. The summed E-state index contributed by atoms with van der Waals surface area (Å²) in [5.41, 5.74) is 2.78. The van der Waals surface area contributed by atoms with Crippen molar-refractivity contribution >= 4 is 17.3 Å². The van der Waals surface area contributed by atoms with Crippen LogP contribution in [-0.4, -0.2) is 48.3 Å². The summed E-state index contributed by atoms with van der Waals surface area (Å²) in [4.78, 5) is 14.0. The molecule has 0 aliphatic rings. The first-order valence-corrected chi connectivity index (χ1v) is 9.70. The van der Waals surface area contributed by atoms with Crippen molar-refractivity contribution in [1.29, 1.82) is 0 Å². The highest BCUT2D eigenvalue weighted by molar-refractivity contribution is 5.74. The van der Waals surface area contributed by atoms with Gasteiger partial charge in [0.25, 0.3) is 0 Å². The van der Waals surface area contributed by atoms with Crippen LogP contribution in [0.25, 0.3) is 0 Å². The predicted molar refractivity (Wildman–Crippen MR) is 112 cm³/mol. The van der Waals surface area contributed by atoms with Crippen molar-refractivity contribution in [3.63, 3.8) is 0 Å². The summed E-state index contributed by atoms with van der Waals surface area (Å²) in [7, 11) is 3.93. The quantitative estimate of drug-likeness (QED) is 0.446. The van der Waals surface area contributed by atoms with Gasteiger partial charge >= 0.3 is 0 Å². The molecule has 0 unspecified atom stereocenters. The molecule has 0 fully saturated rings. The SMILES string of the molecule is CCCOc1ccc(Nc2ccc(CN(O)C(=O)CCCN(C)C)cc2)cc1. The molecule has 2 aromatic carbocycles. The van der Waals surface area contributed by atoms with Crippen LogP contribution in [0.4, 0.5) is 11.4 Å². The van der Waals surface area contributed by atoms with Gasteiger partial charge in [0.1, 0.15) is 5.75 Å². The number of hydrogen-bond acceptors (Lipinski definition) is 5. The number of anilines is 2. The summed E-state index contributed by atoms with van der Waals surface area (Å²) in [6.45, 7) is 3.81. The summed E-state index contributed by atoms with van der Waals surface area (Å²) in [6.07, 6.45) is 2.06. The average Bonchev–Trinajstić information content (AvgIpc) is 2.68. The first-order chi connectivity index (χ1) is 13.5. The third-order valence-corrected chi connectivity index (χ3v) is 4.19. The fourth-order valence-corrected chi connectivity index (χ4v) is 2.65.